The number of halogens is 2. The van der Waals surface area contributed by atoms with Crippen molar-refractivity contribution in [1.82, 2.24) is 20.1 Å². The average Bonchev–Trinajstić information content (AvgIpc) is 2.47. The van der Waals surface area contributed by atoms with Crippen LogP contribution in [0.2, 0.25) is 10.3 Å². The van der Waals surface area contributed by atoms with E-state index in [-0.39, 0.29) is 22.1 Å². The van der Waals surface area contributed by atoms with Gasteiger partial charge in [0.25, 0.3) is 5.91 Å². The maximum Gasteiger partial charge on any atom is 0.257 e. The van der Waals surface area contributed by atoms with Crippen molar-refractivity contribution in [3.8, 4) is 0 Å². The highest BCUT2D eigenvalue weighted by Crippen LogP contribution is 2.19. The molecule has 1 aliphatic heterocycles. The van der Waals surface area contributed by atoms with Crippen molar-refractivity contribution in [1.29, 1.82) is 0 Å². The summed E-state index contributed by atoms with van der Waals surface area (Å²) in [5.41, 5.74) is 0.348. The summed E-state index contributed by atoms with van der Waals surface area (Å²) in [6.07, 6.45) is 0. The Morgan fingerprint density at radius 1 is 1.24 bits per heavy atom. The van der Waals surface area contributed by atoms with E-state index in [2.05, 4.69) is 10.3 Å². The number of aromatic nitrogens is 1. The first-order valence-corrected chi connectivity index (χ1v) is 7.31. The number of rotatable bonds is 3. The zero-order valence-electron chi connectivity index (χ0n) is 11.6. The molecule has 0 saturated carbocycles. The van der Waals surface area contributed by atoms with Crippen LogP contribution in [0, 0.1) is 0 Å². The van der Waals surface area contributed by atoms with Crippen molar-refractivity contribution in [3.05, 3.63) is 28.0 Å². The fraction of sp³-hybridized carbons (Fsp3) is 0.462. The number of carbonyl (C=O) groups is 2. The Balaban J connectivity index is 1.95. The van der Waals surface area contributed by atoms with Crippen molar-refractivity contribution in [2.75, 3.05) is 39.8 Å². The largest absolute Gasteiger partial charge is 0.358 e. The fourth-order valence-electron chi connectivity index (χ4n) is 2.13. The normalized spacial score (nSPS) is 15.9. The Morgan fingerprint density at radius 3 is 2.48 bits per heavy atom. The molecule has 1 aromatic rings. The van der Waals surface area contributed by atoms with E-state index < -0.39 is 0 Å². The van der Waals surface area contributed by atoms with E-state index in [9.17, 15) is 9.59 Å². The Labute approximate surface area is 133 Å². The van der Waals surface area contributed by atoms with Crippen molar-refractivity contribution >= 4 is 35.0 Å². The van der Waals surface area contributed by atoms with Gasteiger partial charge in [0.1, 0.15) is 10.3 Å². The molecule has 0 radical (unpaired) electrons. The maximum atomic E-state index is 12.4. The molecule has 2 amide bonds. The van der Waals surface area contributed by atoms with Crippen molar-refractivity contribution in [2.24, 2.45) is 0 Å². The molecule has 1 aliphatic rings. The Hall–Kier alpha value is -1.37. The van der Waals surface area contributed by atoms with Gasteiger partial charge in [-0.15, -0.1) is 0 Å². The molecule has 1 N–H and O–H groups in total. The highest BCUT2D eigenvalue weighted by atomic mass is 35.5. The van der Waals surface area contributed by atoms with Crippen LogP contribution in [0.5, 0.6) is 0 Å². The number of piperazine rings is 1. The van der Waals surface area contributed by atoms with Crippen LogP contribution < -0.4 is 5.32 Å². The SMILES string of the molecule is CNC(=O)CN1CCN(C(=O)c2ccc(Cl)nc2Cl)CC1. The van der Waals surface area contributed by atoms with E-state index in [0.717, 1.165) is 0 Å². The standard InChI is InChI=1S/C13H16Cl2N4O2/c1-16-11(20)8-18-4-6-19(7-5-18)13(21)9-2-3-10(14)17-12(9)15/h2-3H,4-8H2,1H3,(H,16,20). The molecule has 2 rings (SSSR count). The van der Waals surface area contributed by atoms with Crippen LogP contribution in [0.15, 0.2) is 12.1 Å². The van der Waals surface area contributed by atoms with Crippen LogP contribution in [0.1, 0.15) is 10.4 Å². The average molecular weight is 331 g/mol. The number of hydrogen-bond acceptors (Lipinski definition) is 4. The van der Waals surface area contributed by atoms with E-state index in [1.54, 1.807) is 24.1 Å². The molecule has 8 heteroatoms. The molecule has 114 valence electrons. The zero-order chi connectivity index (χ0) is 15.4. The quantitative estimate of drug-likeness (QED) is 0.836. The molecule has 6 nitrogen and oxygen atoms in total. The van der Waals surface area contributed by atoms with E-state index in [0.29, 0.717) is 38.3 Å². The predicted molar refractivity (Wildman–Crippen MR) is 80.7 cm³/mol. The van der Waals surface area contributed by atoms with Gasteiger partial charge in [0.2, 0.25) is 5.91 Å². The summed E-state index contributed by atoms with van der Waals surface area (Å²) >= 11 is 11.7. The third-order valence-electron chi connectivity index (χ3n) is 3.35. The fourth-order valence-corrected chi connectivity index (χ4v) is 2.56. The molecule has 0 bridgehead atoms. The predicted octanol–water partition coefficient (Wildman–Crippen LogP) is 0.892. The van der Waals surface area contributed by atoms with Gasteiger partial charge in [-0.1, -0.05) is 23.2 Å². The van der Waals surface area contributed by atoms with Gasteiger partial charge in [-0.2, -0.15) is 0 Å². The lowest BCUT2D eigenvalue weighted by molar-refractivity contribution is -0.122. The number of carbonyl (C=O) groups excluding carboxylic acids is 2. The van der Waals surface area contributed by atoms with Gasteiger partial charge in [0.15, 0.2) is 0 Å². The minimum absolute atomic E-state index is 0.0280. The second-order valence-electron chi connectivity index (χ2n) is 4.71. The molecule has 0 aliphatic carbocycles. The van der Waals surface area contributed by atoms with E-state index in [1.807, 2.05) is 4.90 Å². The van der Waals surface area contributed by atoms with Crippen molar-refractivity contribution in [2.45, 2.75) is 0 Å². The lowest BCUT2D eigenvalue weighted by Gasteiger charge is -2.34. The van der Waals surface area contributed by atoms with Crippen LogP contribution in [0.3, 0.4) is 0 Å². The molecule has 1 aromatic heterocycles. The smallest absolute Gasteiger partial charge is 0.257 e. The van der Waals surface area contributed by atoms with Gasteiger partial charge >= 0.3 is 0 Å². The first-order chi connectivity index (χ1) is 10.0. The molecule has 1 saturated heterocycles. The van der Waals surface area contributed by atoms with Gasteiger partial charge < -0.3 is 10.2 Å². The molecule has 0 atom stereocenters. The summed E-state index contributed by atoms with van der Waals surface area (Å²) in [6, 6.07) is 3.12. The second kappa shape index (κ2) is 7.06. The minimum Gasteiger partial charge on any atom is -0.358 e. The Kier molecular flexibility index (Phi) is 5.39. The highest BCUT2D eigenvalue weighted by Gasteiger charge is 2.24. The van der Waals surface area contributed by atoms with Crippen LogP contribution in [-0.4, -0.2) is 66.4 Å². The number of nitrogens with one attached hydrogen (secondary N) is 1. The summed E-state index contributed by atoms with van der Waals surface area (Å²) in [6.45, 7) is 2.75. The molecule has 2 heterocycles. The number of amides is 2. The van der Waals surface area contributed by atoms with Crippen LogP contribution in [-0.2, 0) is 4.79 Å². The third-order valence-corrected chi connectivity index (χ3v) is 3.85. The molecule has 1 fully saturated rings. The molecule has 0 spiro atoms. The van der Waals surface area contributed by atoms with Gasteiger partial charge in [-0.25, -0.2) is 4.98 Å². The molecule has 21 heavy (non-hydrogen) atoms. The minimum atomic E-state index is -0.163. The number of hydrogen-bond donors (Lipinski definition) is 1. The third kappa shape index (κ3) is 4.06. The first kappa shape index (κ1) is 16.0. The van der Waals surface area contributed by atoms with E-state index >= 15 is 0 Å². The molecular formula is C13H16Cl2N4O2. The van der Waals surface area contributed by atoms with E-state index in [1.165, 1.54) is 0 Å². The van der Waals surface area contributed by atoms with E-state index in [4.69, 9.17) is 23.2 Å². The molecule has 0 aromatic carbocycles. The number of nitrogens with zero attached hydrogens (tertiary/aromatic N) is 3. The lowest BCUT2D eigenvalue weighted by Crippen LogP contribution is -2.50. The highest BCUT2D eigenvalue weighted by molar-refractivity contribution is 6.34. The van der Waals surface area contributed by atoms with Crippen LogP contribution >= 0.6 is 23.2 Å². The van der Waals surface area contributed by atoms with Crippen LogP contribution in [0.25, 0.3) is 0 Å². The monoisotopic (exact) mass is 330 g/mol. The van der Waals surface area contributed by atoms with Gasteiger partial charge in [-0.3, -0.25) is 14.5 Å². The summed E-state index contributed by atoms with van der Waals surface area (Å²) in [5, 5.41) is 2.95. The van der Waals surface area contributed by atoms with Crippen LogP contribution in [0.4, 0.5) is 0 Å². The summed E-state index contributed by atoms with van der Waals surface area (Å²) in [4.78, 5) is 31.3. The topological polar surface area (TPSA) is 65.5 Å². The first-order valence-electron chi connectivity index (χ1n) is 6.55. The molecule has 0 unspecified atom stereocenters. The Morgan fingerprint density at radius 2 is 1.90 bits per heavy atom. The maximum absolute atomic E-state index is 12.4. The summed E-state index contributed by atoms with van der Waals surface area (Å²) < 4.78 is 0. The number of pyridine rings is 1. The summed E-state index contributed by atoms with van der Waals surface area (Å²) in [7, 11) is 1.61. The lowest BCUT2D eigenvalue weighted by atomic mass is 10.2. The number of likely N-dealkylation sites (N-methyl/N-ethyl adjacent to an activating group) is 1. The van der Waals surface area contributed by atoms with Gasteiger partial charge in [-0.05, 0) is 12.1 Å². The van der Waals surface area contributed by atoms with Gasteiger partial charge in [0.05, 0.1) is 12.1 Å². The zero-order valence-corrected chi connectivity index (χ0v) is 13.1. The molecular weight excluding hydrogens is 315 g/mol. The van der Waals surface area contributed by atoms with Crippen molar-refractivity contribution < 1.29 is 9.59 Å². The summed E-state index contributed by atoms with van der Waals surface area (Å²) in [5.74, 6) is -0.191. The Bertz CT molecular complexity index is 545. The second-order valence-corrected chi connectivity index (χ2v) is 5.46. The van der Waals surface area contributed by atoms with Crippen molar-refractivity contribution in [3.63, 3.8) is 0 Å². The van der Waals surface area contributed by atoms with Gasteiger partial charge in [0, 0.05) is 33.2 Å².